The fourth-order valence-electron chi connectivity index (χ4n) is 2.34. The van der Waals surface area contributed by atoms with E-state index in [2.05, 4.69) is 57.2 Å². The Kier molecular flexibility index (Phi) is 23.5. The van der Waals surface area contributed by atoms with E-state index in [9.17, 15) is 0 Å². The molecular weight excluding hydrogens is 467 g/mol. The zero-order chi connectivity index (χ0) is 13.7. The molecule has 0 aromatic heterocycles. The largest absolute Gasteiger partial charge is 0.358 e. The van der Waals surface area contributed by atoms with E-state index >= 15 is 0 Å². The molecule has 1 heteroatoms. The fraction of sp³-hybridized carbons (Fsp3) is 0.250. The first-order valence-electron chi connectivity index (χ1n) is 6.91. The van der Waals surface area contributed by atoms with Gasteiger partial charge >= 0.3 is 0 Å². The molecule has 0 amide bonds. The van der Waals surface area contributed by atoms with Crippen LogP contribution in [0.4, 0.5) is 0 Å². The summed E-state index contributed by atoms with van der Waals surface area (Å²) >= 11 is 0. The van der Waals surface area contributed by atoms with Crippen LogP contribution in [0.5, 0.6) is 0 Å². The van der Waals surface area contributed by atoms with Crippen molar-refractivity contribution in [1.82, 2.24) is 0 Å². The van der Waals surface area contributed by atoms with E-state index in [0.717, 1.165) is 0 Å². The maximum Gasteiger partial charge on any atom is 0 e. The molecule has 1 unspecified atom stereocenters. The molecule has 1 aliphatic rings. The Balaban J connectivity index is -0.000000108. The van der Waals surface area contributed by atoms with E-state index in [1.807, 2.05) is 30.3 Å². The monoisotopic (exact) mass is 505 g/mol. The van der Waals surface area contributed by atoms with Crippen molar-refractivity contribution < 1.29 is 25.8 Å². The number of benzene rings is 1. The summed E-state index contributed by atoms with van der Waals surface area (Å²) in [5, 5.41) is 0. The molecule has 0 N–H and O–H groups in total. The molecule has 2 aromatic rings. The Hall–Kier alpha value is -0.820. The fourth-order valence-corrected chi connectivity index (χ4v) is 2.34. The second kappa shape index (κ2) is 16.6. The second-order valence-corrected chi connectivity index (χ2v) is 6.22. The van der Waals surface area contributed by atoms with Gasteiger partial charge in [0.25, 0.3) is 0 Å². The van der Waals surface area contributed by atoms with Gasteiger partial charge in [0.2, 0.25) is 0 Å². The zero-order valence-corrected chi connectivity index (χ0v) is 21.2. The summed E-state index contributed by atoms with van der Waals surface area (Å²) in [6.45, 7) is 6.86. The van der Waals surface area contributed by atoms with E-state index in [1.54, 1.807) is 0 Å². The summed E-state index contributed by atoms with van der Waals surface area (Å²) in [5.74, 6) is 0.506. The summed E-state index contributed by atoms with van der Waals surface area (Å²) in [6, 6.07) is 18.6. The molecule has 0 bridgehead atoms. The molecule has 0 saturated heterocycles. The average molecular weight is 504 g/mol. The van der Waals surface area contributed by atoms with E-state index < -0.39 is 0 Å². The van der Waals surface area contributed by atoms with Crippen LogP contribution < -0.4 is 0 Å². The van der Waals surface area contributed by atoms with Crippen LogP contribution in [0.25, 0.3) is 6.08 Å². The van der Waals surface area contributed by atoms with Gasteiger partial charge in [-0.15, -0.1) is 11.6 Å². The third kappa shape index (κ3) is 12.2. The van der Waals surface area contributed by atoms with Crippen molar-refractivity contribution in [3.05, 3.63) is 109 Å². The van der Waals surface area contributed by atoms with Gasteiger partial charge in [0.05, 0.1) is 0 Å². The van der Waals surface area contributed by atoms with E-state index in [-0.39, 0.29) is 63.0 Å². The SMILES string of the molecule is CC(C)(C)CC1[C-]=Cc2ccccc21.[CH3-].[CH3-].[CH3-].[CH3-].[CH3-].[Hf].c1cc[cH-]c1. The van der Waals surface area contributed by atoms with Crippen molar-refractivity contribution in [2.45, 2.75) is 33.1 Å². The normalized spacial score (nSPS) is 12.7. The van der Waals surface area contributed by atoms with E-state index in [4.69, 9.17) is 0 Å². The molecule has 0 spiro atoms. The summed E-state index contributed by atoms with van der Waals surface area (Å²) in [7, 11) is 0. The van der Waals surface area contributed by atoms with Gasteiger partial charge in [-0.05, 0) is 5.41 Å². The van der Waals surface area contributed by atoms with Crippen LogP contribution in [-0.2, 0) is 25.8 Å². The summed E-state index contributed by atoms with van der Waals surface area (Å²) in [5.41, 5.74) is 3.17. The van der Waals surface area contributed by atoms with E-state index in [0.29, 0.717) is 11.3 Å². The number of hydrogen-bond donors (Lipinski definition) is 0. The Morgan fingerprint density at radius 1 is 0.880 bits per heavy atom. The molecule has 1 atom stereocenters. The maximum atomic E-state index is 3.45. The molecule has 0 nitrogen and oxygen atoms in total. The molecule has 0 saturated carbocycles. The average Bonchev–Trinajstić information content (AvgIpc) is 3.01. The van der Waals surface area contributed by atoms with Gasteiger partial charge in [-0.1, -0.05) is 51.3 Å². The van der Waals surface area contributed by atoms with Crippen LogP contribution in [0.1, 0.15) is 44.2 Å². The Bertz CT molecular complexity index is 498. The maximum absolute atomic E-state index is 3.45. The molecule has 0 radical (unpaired) electrons. The van der Waals surface area contributed by atoms with Crippen LogP contribution in [0.2, 0.25) is 0 Å². The number of fused-ring (bicyclic) bond motifs is 1. The molecule has 0 aliphatic heterocycles. The smallest absolute Gasteiger partial charge is 0 e. The molecular formula is C24H37Hf-7. The first-order valence-corrected chi connectivity index (χ1v) is 6.91. The molecule has 25 heavy (non-hydrogen) atoms. The predicted octanol–water partition coefficient (Wildman–Crippen LogP) is 7.69. The number of rotatable bonds is 1. The van der Waals surface area contributed by atoms with Gasteiger partial charge in [-0.25, -0.2) is 18.2 Å². The van der Waals surface area contributed by atoms with Gasteiger partial charge in [-0.2, -0.15) is 23.8 Å². The summed E-state index contributed by atoms with van der Waals surface area (Å²) < 4.78 is 0. The van der Waals surface area contributed by atoms with Crippen LogP contribution >= 0.6 is 0 Å². The van der Waals surface area contributed by atoms with Crippen LogP contribution in [0.15, 0.2) is 54.6 Å². The molecule has 3 rings (SSSR count). The predicted molar refractivity (Wildman–Crippen MR) is 115 cm³/mol. The Morgan fingerprint density at radius 3 is 1.84 bits per heavy atom. The number of allylic oxidation sites excluding steroid dienone is 1. The van der Waals surface area contributed by atoms with Crippen LogP contribution in [0, 0.1) is 48.6 Å². The van der Waals surface area contributed by atoms with Crippen molar-refractivity contribution in [3.63, 3.8) is 0 Å². The van der Waals surface area contributed by atoms with Crippen molar-refractivity contribution in [2.24, 2.45) is 5.41 Å². The molecule has 0 fully saturated rings. The zero-order valence-electron chi connectivity index (χ0n) is 17.6. The van der Waals surface area contributed by atoms with Crippen molar-refractivity contribution >= 4 is 6.08 Å². The Labute approximate surface area is 178 Å². The second-order valence-electron chi connectivity index (χ2n) is 6.22. The van der Waals surface area contributed by atoms with Crippen molar-refractivity contribution in [3.8, 4) is 0 Å². The van der Waals surface area contributed by atoms with E-state index in [1.165, 1.54) is 17.5 Å². The molecule has 0 heterocycles. The molecule has 2 aromatic carbocycles. The van der Waals surface area contributed by atoms with Crippen molar-refractivity contribution in [2.75, 3.05) is 0 Å². The van der Waals surface area contributed by atoms with Crippen LogP contribution in [-0.4, -0.2) is 0 Å². The van der Waals surface area contributed by atoms with Gasteiger partial charge in [0.15, 0.2) is 0 Å². The first kappa shape index (κ1) is 35.3. The van der Waals surface area contributed by atoms with Gasteiger partial charge in [0, 0.05) is 25.8 Å². The minimum absolute atomic E-state index is 0. The summed E-state index contributed by atoms with van der Waals surface area (Å²) in [4.78, 5) is 0. The Morgan fingerprint density at radius 2 is 1.40 bits per heavy atom. The van der Waals surface area contributed by atoms with Gasteiger partial charge in [-0.3, -0.25) is 6.08 Å². The van der Waals surface area contributed by atoms with Crippen LogP contribution in [0.3, 0.4) is 0 Å². The standard InChI is InChI=1S/C14H17.C5H5.5CH3.Hf/c1-14(2,3)10-12-9-8-11-6-4-5-7-13(11)12;1-2-4-5-3-1;;;;;;/h4-8,12H,10H2,1-3H3;1-5H;5*1H3;/q7*-1;. The minimum atomic E-state index is 0. The number of hydrogen-bond acceptors (Lipinski definition) is 0. The van der Waals surface area contributed by atoms with Gasteiger partial charge < -0.3 is 37.1 Å². The van der Waals surface area contributed by atoms with Crippen molar-refractivity contribution in [1.29, 1.82) is 0 Å². The minimum Gasteiger partial charge on any atom is -0.358 e. The first-order chi connectivity index (χ1) is 9.06. The quantitative estimate of drug-likeness (QED) is 0.276. The third-order valence-corrected chi connectivity index (χ3v) is 3.18. The third-order valence-electron chi connectivity index (χ3n) is 3.18. The topological polar surface area (TPSA) is 0 Å². The molecule has 1 aliphatic carbocycles. The molecule has 144 valence electrons. The summed E-state index contributed by atoms with van der Waals surface area (Å²) in [6.07, 6.45) is 6.77. The van der Waals surface area contributed by atoms with Gasteiger partial charge in [0.1, 0.15) is 0 Å².